The second-order valence-corrected chi connectivity index (χ2v) is 7.48. The molecule has 1 aromatic carbocycles. The number of fused-ring (bicyclic) bond motifs is 1. The predicted octanol–water partition coefficient (Wildman–Crippen LogP) is 5.12. The molecule has 4 nitrogen and oxygen atoms in total. The molecule has 24 heavy (non-hydrogen) atoms. The van der Waals surface area contributed by atoms with Crippen molar-refractivity contribution in [3.05, 3.63) is 38.2 Å². The molecule has 0 aliphatic heterocycles. The number of rotatable bonds is 4. The fourth-order valence-electron chi connectivity index (χ4n) is 2.82. The third-order valence-electron chi connectivity index (χ3n) is 3.95. The number of nitrogens with zero attached hydrogens (tertiary/aromatic N) is 2. The van der Waals surface area contributed by atoms with Crippen LogP contribution in [-0.4, -0.2) is 17.9 Å². The van der Waals surface area contributed by atoms with E-state index in [2.05, 4.69) is 27.0 Å². The van der Waals surface area contributed by atoms with Gasteiger partial charge < -0.3 is 9.84 Å². The number of phenols is 1. The molecular weight excluding hydrogens is 388 g/mol. The summed E-state index contributed by atoms with van der Waals surface area (Å²) >= 11 is 4.94. The maximum Gasteiger partial charge on any atom is 0.172 e. The molecule has 0 radical (unpaired) electrons. The van der Waals surface area contributed by atoms with E-state index in [9.17, 15) is 10.4 Å². The molecule has 0 bridgehead atoms. The van der Waals surface area contributed by atoms with Crippen LogP contribution in [0.1, 0.15) is 41.3 Å². The van der Waals surface area contributed by atoms with Gasteiger partial charge in [-0.3, -0.25) is 0 Å². The second kappa shape index (κ2) is 7.37. The van der Waals surface area contributed by atoms with E-state index >= 15 is 0 Å². The number of hydrogen-bond donors (Lipinski definition) is 1. The second-order valence-electron chi connectivity index (χ2n) is 5.54. The summed E-state index contributed by atoms with van der Waals surface area (Å²) in [7, 11) is 0. The first-order chi connectivity index (χ1) is 11.6. The number of aromatic hydroxyl groups is 1. The zero-order valence-corrected chi connectivity index (χ0v) is 15.7. The molecule has 0 saturated carbocycles. The van der Waals surface area contributed by atoms with Gasteiger partial charge in [-0.1, -0.05) is 0 Å². The predicted molar refractivity (Wildman–Crippen MR) is 99.9 cm³/mol. The van der Waals surface area contributed by atoms with Gasteiger partial charge in [0.1, 0.15) is 11.1 Å². The molecule has 0 fully saturated rings. The standard InChI is InChI=1S/C18H17BrN2O2S/c1-2-23-15-8-11(7-14(19)17(15)22)10-21-18-13(9-20)12-5-3-4-6-16(12)24-18/h7-8,10,22H,2-6H2,1H3/b21-10+. The molecule has 1 heterocycles. The summed E-state index contributed by atoms with van der Waals surface area (Å²) in [6.45, 7) is 2.33. The highest BCUT2D eigenvalue weighted by Crippen LogP contribution is 2.40. The van der Waals surface area contributed by atoms with Gasteiger partial charge in [-0.05, 0) is 71.8 Å². The summed E-state index contributed by atoms with van der Waals surface area (Å²) in [5, 5.41) is 20.2. The van der Waals surface area contributed by atoms with Crippen molar-refractivity contribution < 1.29 is 9.84 Å². The van der Waals surface area contributed by atoms with E-state index in [4.69, 9.17) is 4.74 Å². The Morgan fingerprint density at radius 1 is 1.42 bits per heavy atom. The number of aryl methyl sites for hydroxylation is 1. The SMILES string of the molecule is CCOc1cc(/C=N/c2sc3c(c2C#N)CCCC3)cc(Br)c1O. The molecule has 0 saturated heterocycles. The Labute approximate surface area is 153 Å². The van der Waals surface area contributed by atoms with Crippen molar-refractivity contribution in [1.82, 2.24) is 0 Å². The first kappa shape index (κ1) is 17.0. The number of phenolic OH excluding ortho intramolecular Hbond substituents is 1. The van der Waals surface area contributed by atoms with E-state index in [1.54, 1.807) is 29.7 Å². The van der Waals surface area contributed by atoms with Crippen LogP contribution in [-0.2, 0) is 12.8 Å². The lowest BCUT2D eigenvalue weighted by atomic mass is 9.96. The van der Waals surface area contributed by atoms with Crippen LogP contribution in [0.3, 0.4) is 0 Å². The summed E-state index contributed by atoms with van der Waals surface area (Å²) < 4.78 is 5.99. The number of aliphatic imine (C=N–C) groups is 1. The first-order valence-electron chi connectivity index (χ1n) is 7.88. The topological polar surface area (TPSA) is 65.6 Å². The Morgan fingerprint density at radius 3 is 2.96 bits per heavy atom. The van der Waals surface area contributed by atoms with Gasteiger partial charge >= 0.3 is 0 Å². The Kier molecular flexibility index (Phi) is 5.22. The van der Waals surface area contributed by atoms with Crippen LogP contribution in [0.25, 0.3) is 0 Å². The average molecular weight is 405 g/mol. The van der Waals surface area contributed by atoms with E-state index in [0.717, 1.165) is 29.8 Å². The van der Waals surface area contributed by atoms with E-state index in [1.807, 2.05) is 6.92 Å². The number of thiophene rings is 1. The van der Waals surface area contributed by atoms with Crippen LogP contribution in [0.4, 0.5) is 5.00 Å². The molecular formula is C18H17BrN2O2S. The monoisotopic (exact) mass is 404 g/mol. The molecule has 1 aliphatic carbocycles. The normalized spacial score (nSPS) is 13.7. The van der Waals surface area contributed by atoms with Gasteiger partial charge in [0.2, 0.25) is 0 Å². The number of benzene rings is 1. The molecule has 0 atom stereocenters. The maximum atomic E-state index is 9.97. The van der Waals surface area contributed by atoms with Crippen LogP contribution in [0.2, 0.25) is 0 Å². The number of hydrogen-bond acceptors (Lipinski definition) is 5. The smallest absolute Gasteiger partial charge is 0.172 e. The number of nitriles is 1. The third kappa shape index (κ3) is 3.33. The minimum absolute atomic E-state index is 0.0818. The molecule has 0 amide bonds. The van der Waals surface area contributed by atoms with Gasteiger partial charge in [-0.15, -0.1) is 11.3 Å². The fourth-order valence-corrected chi connectivity index (χ4v) is 4.47. The van der Waals surface area contributed by atoms with Crippen LogP contribution in [0.5, 0.6) is 11.5 Å². The van der Waals surface area contributed by atoms with Crippen molar-refractivity contribution in [2.24, 2.45) is 4.99 Å². The van der Waals surface area contributed by atoms with Crippen molar-refractivity contribution >= 4 is 38.5 Å². The van der Waals surface area contributed by atoms with Crippen molar-refractivity contribution in [2.75, 3.05) is 6.61 Å². The van der Waals surface area contributed by atoms with Crippen molar-refractivity contribution in [1.29, 1.82) is 5.26 Å². The van der Waals surface area contributed by atoms with Crippen LogP contribution in [0.15, 0.2) is 21.6 Å². The van der Waals surface area contributed by atoms with Gasteiger partial charge in [0, 0.05) is 11.1 Å². The summed E-state index contributed by atoms with van der Waals surface area (Å²) in [5.41, 5.74) is 2.70. The van der Waals surface area contributed by atoms with Gasteiger partial charge in [0.25, 0.3) is 0 Å². The van der Waals surface area contributed by atoms with Gasteiger partial charge in [0.05, 0.1) is 16.6 Å². The summed E-state index contributed by atoms with van der Waals surface area (Å²) in [6, 6.07) is 5.84. The Morgan fingerprint density at radius 2 is 2.21 bits per heavy atom. The third-order valence-corrected chi connectivity index (χ3v) is 5.75. The molecule has 1 aliphatic rings. The van der Waals surface area contributed by atoms with E-state index in [1.165, 1.54) is 16.9 Å². The quantitative estimate of drug-likeness (QED) is 0.719. The average Bonchev–Trinajstić information content (AvgIpc) is 2.95. The van der Waals surface area contributed by atoms with Crippen molar-refractivity contribution in [3.8, 4) is 17.6 Å². The highest BCUT2D eigenvalue weighted by atomic mass is 79.9. The lowest BCUT2D eigenvalue weighted by molar-refractivity contribution is 0.317. The molecule has 6 heteroatoms. The van der Waals surface area contributed by atoms with Crippen molar-refractivity contribution in [2.45, 2.75) is 32.6 Å². The van der Waals surface area contributed by atoms with Gasteiger partial charge in [-0.25, -0.2) is 4.99 Å². The van der Waals surface area contributed by atoms with Crippen LogP contribution in [0, 0.1) is 11.3 Å². The van der Waals surface area contributed by atoms with E-state index in [-0.39, 0.29) is 5.75 Å². The fraction of sp³-hybridized carbons (Fsp3) is 0.333. The minimum Gasteiger partial charge on any atom is -0.503 e. The Hall–Kier alpha value is -1.84. The highest BCUT2D eigenvalue weighted by Gasteiger charge is 2.20. The molecule has 1 aromatic heterocycles. The molecule has 0 spiro atoms. The Bertz CT molecular complexity index is 837. The lowest BCUT2D eigenvalue weighted by Crippen LogP contribution is -1.99. The van der Waals surface area contributed by atoms with Crippen LogP contribution < -0.4 is 4.74 Å². The molecule has 3 rings (SSSR count). The Balaban J connectivity index is 1.94. The van der Waals surface area contributed by atoms with Crippen molar-refractivity contribution in [3.63, 3.8) is 0 Å². The largest absolute Gasteiger partial charge is 0.503 e. The van der Waals surface area contributed by atoms with Gasteiger partial charge in [0.15, 0.2) is 11.5 Å². The zero-order chi connectivity index (χ0) is 17.1. The zero-order valence-electron chi connectivity index (χ0n) is 13.3. The minimum atomic E-state index is 0.0818. The first-order valence-corrected chi connectivity index (χ1v) is 9.49. The number of halogens is 1. The summed E-state index contributed by atoms with van der Waals surface area (Å²) in [6.07, 6.45) is 6.06. The number of ether oxygens (including phenoxy) is 1. The molecule has 2 aromatic rings. The van der Waals surface area contributed by atoms with E-state index in [0.29, 0.717) is 22.4 Å². The van der Waals surface area contributed by atoms with Gasteiger partial charge in [-0.2, -0.15) is 5.26 Å². The summed E-state index contributed by atoms with van der Waals surface area (Å²) in [4.78, 5) is 5.84. The van der Waals surface area contributed by atoms with E-state index < -0.39 is 0 Å². The molecule has 1 N–H and O–H groups in total. The summed E-state index contributed by atoms with van der Waals surface area (Å²) in [5.74, 6) is 0.498. The lowest BCUT2D eigenvalue weighted by Gasteiger charge is -2.09. The maximum absolute atomic E-state index is 9.97. The molecule has 0 unspecified atom stereocenters. The molecule has 124 valence electrons. The van der Waals surface area contributed by atoms with Crippen LogP contribution >= 0.6 is 27.3 Å². The highest BCUT2D eigenvalue weighted by molar-refractivity contribution is 9.10.